The van der Waals surface area contributed by atoms with E-state index in [2.05, 4.69) is 4.90 Å². The van der Waals surface area contributed by atoms with Gasteiger partial charge in [-0.15, -0.1) is 0 Å². The van der Waals surface area contributed by atoms with Gasteiger partial charge in [-0.3, -0.25) is 4.90 Å². The van der Waals surface area contributed by atoms with E-state index in [0.29, 0.717) is 6.04 Å². The molecule has 2 fully saturated rings. The third kappa shape index (κ3) is 2.70. The number of aliphatic hydroxyl groups is 1. The van der Waals surface area contributed by atoms with Crippen LogP contribution in [0.2, 0.25) is 0 Å². The molecule has 3 heteroatoms. The van der Waals surface area contributed by atoms with Crippen LogP contribution in [-0.4, -0.2) is 36.2 Å². The average molecular weight is 275 g/mol. The molecule has 0 aromatic heterocycles. The molecule has 1 aromatic carbocycles. The summed E-state index contributed by atoms with van der Waals surface area (Å²) in [6, 6.07) is 8.51. The predicted octanol–water partition coefficient (Wildman–Crippen LogP) is 2.99. The van der Waals surface area contributed by atoms with Crippen LogP contribution >= 0.6 is 0 Å². The zero-order valence-electron chi connectivity index (χ0n) is 12.3. The van der Waals surface area contributed by atoms with Crippen LogP contribution in [0.1, 0.15) is 43.8 Å². The molecule has 0 bridgehead atoms. The van der Waals surface area contributed by atoms with E-state index in [0.717, 1.165) is 30.3 Å². The van der Waals surface area contributed by atoms with Crippen LogP contribution in [0.3, 0.4) is 0 Å². The summed E-state index contributed by atoms with van der Waals surface area (Å²) >= 11 is 0. The van der Waals surface area contributed by atoms with E-state index in [1.54, 1.807) is 7.11 Å². The topological polar surface area (TPSA) is 32.7 Å². The van der Waals surface area contributed by atoms with Crippen molar-refractivity contribution in [2.45, 2.75) is 44.2 Å². The Bertz CT molecular complexity index is 448. The molecule has 1 aliphatic heterocycles. The average Bonchev–Trinajstić information content (AvgIpc) is 2.90. The maximum atomic E-state index is 10.6. The highest BCUT2D eigenvalue weighted by Crippen LogP contribution is 2.37. The first kappa shape index (κ1) is 13.9. The van der Waals surface area contributed by atoms with Crippen LogP contribution < -0.4 is 4.74 Å². The number of hydrogen-bond donors (Lipinski definition) is 1. The SMILES string of the molecule is COc1ccccc1C(O)CN1CCC2CCCCC21. The van der Waals surface area contributed by atoms with Gasteiger partial charge >= 0.3 is 0 Å². The molecule has 3 rings (SSSR count). The number of aliphatic hydroxyl groups excluding tert-OH is 1. The Morgan fingerprint density at radius 3 is 2.90 bits per heavy atom. The van der Waals surface area contributed by atoms with Gasteiger partial charge in [0.1, 0.15) is 5.75 Å². The Morgan fingerprint density at radius 2 is 2.05 bits per heavy atom. The number of benzene rings is 1. The van der Waals surface area contributed by atoms with Crippen molar-refractivity contribution >= 4 is 0 Å². The minimum Gasteiger partial charge on any atom is -0.496 e. The van der Waals surface area contributed by atoms with Gasteiger partial charge in [0.05, 0.1) is 13.2 Å². The smallest absolute Gasteiger partial charge is 0.124 e. The molecule has 1 saturated heterocycles. The zero-order chi connectivity index (χ0) is 13.9. The molecule has 1 saturated carbocycles. The molecule has 1 heterocycles. The fourth-order valence-corrected chi connectivity index (χ4v) is 3.99. The van der Waals surface area contributed by atoms with Gasteiger partial charge < -0.3 is 9.84 Å². The van der Waals surface area contributed by atoms with Crippen LogP contribution in [0.15, 0.2) is 24.3 Å². The maximum Gasteiger partial charge on any atom is 0.124 e. The predicted molar refractivity (Wildman–Crippen MR) is 79.9 cm³/mol. The number of para-hydroxylation sites is 1. The molecule has 1 aliphatic carbocycles. The Hall–Kier alpha value is -1.06. The van der Waals surface area contributed by atoms with Crippen LogP contribution in [-0.2, 0) is 0 Å². The number of ether oxygens (including phenoxy) is 1. The molecule has 20 heavy (non-hydrogen) atoms. The van der Waals surface area contributed by atoms with Crippen LogP contribution in [0, 0.1) is 5.92 Å². The quantitative estimate of drug-likeness (QED) is 0.917. The molecular formula is C17H25NO2. The van der Waals surface area contributed by atoms with Crippen molar-refractivity contribution < 1.29 is 9.84 Å². The Balaban J connectivity index is 1.68. The first-order valence-electron chi connectivity index (χ1n) is 7.84. The standard InChI is InChI=1S/C17H25NO2/c1-20-17-9-5-3-7-14(17)16(19)12-18-11-10-13-6-2-4-8-15(13)18/h3,5,7,9,13,15-16,19H,2,4,6,8,10-12H2,1H3. The first-order chi connectivity index (χ1) is 9.79. The fourth-order valence-electron chi connectivity index (χ4n) is 3.99. The lowest BCUT2D eigenvalue weighted by molar-refractivity contribution is 0.0877. The lowest BCUT2D eigenvalue weighted by Crippen LogP contribution is -2.37. The van der Waals surface area contributed by atoms with E-state index in [1.165, 1.54) is 32.1 Å². The number of hydrogen-bond acceptors (Lipinski definition) is 3. The van der Waals surface area contributed by atoms with Gasteiger partial charge in [-0.1, -0.05) is 31.0 Å². The first-order valence-corrected chi connectivity index (χ1v) is 7.84. The van der Waals surface area contributed by atoms with E-state index < -0.39 is 6.10 Å². The summed E-state index contributed by atoms with van der Waals surface area (Å²) in [7, 11) is 1.67. The second-order valence-electron chi connectivity index (χ2n) is 6.15. The second-order valence-corrected chi connectivity index (χ2v) is 6.15. The lowest BCUT2D eigenvalue weighted by atomic mass is 9.85. The highest BCUT2D eigenvalue weighted by molar-refractivity contribution is 5.35. The molecular weight excluding hydrogens is 250 g/mol. The molecule has 0 amide bonds. The summed E-state index contributed by atoms with van der Waals surface area (Å²) in [4.78, 5) is 2.50. The van der Waals surface area contributed by atoms with Gasteiger partial charge in [0.15, 0.2) is 0 Å². The molecule has 1 aromatic rings. The second kappa shape index (κ2) is 6.15. The highest BCUT2D eigenvalue weighted by Gasteiger charge is 2.36. The van der Waals surface area contributed by atoms with Gasteiger partial charge in [0, 0.05) is 18.2 Å². The lowest BCUT2D eigenvalue weighted by Gasteiger charge is -2.33. The Morgan fingerprint density at radius 1 is 1.25 bits per heavy atom. The van der Waals surface area contributed by atoms with Crippen molar-refractivity contribution in [3.63, 3.8) is 0 Å². The molecule has 0 spiro atoms. The molecule has 2 aliphatic rings. The van der Waals surface area contributed by atoms with E-state index in [4.69, 9.17) is 4.74 Å². The minimum absolute atomic E-state index is 0.452. The number of methoxy groups -OCH3 is 1. The van der Waals surface area contributed by atoms with Crippen LogP contribution in [0.5, 0.6) is 5.75 Å². The van der Waals surface area contributed by atoms with Crippen molar-refractivity contribution in [2.24, 2.45) is 5.92 Å². The monoisotopic (exact) mass is 275 g/mol. The summed E-state index contributed by atoms with van der Waals surface area (Å²) in [6.45, 7) is 1.88. The van der Waals surface area contributed by atoms with Gasteiger partial charge in [-0.2, -0.15) is 0 Å². The number of nitrogens with zero attached hydrogens (tertiary/aromatic N) is 1. The van der Waals surface area contributed by atoms with Gasteiger partial charge in [0.2, 0.25) is 0 Å². The third-order valence-electron chi connectivity index (χ3n) is 5.03. The molecule has 3 atom stereocenters. The third-order valence-corrected chi connectivity index (χ3v) is 5.03. The van der Waals surface area contributed by atoms with Crippen LogP contribution in [0.25, 0.3) is 0 Å². The van der Waals surface area contributed by atoms with Gasteiger partial charge in [-0.25, -0.2) is 0 Å². The van der Waals surface area contributed by atoms with Crippen molar-refractivity contribution in [1.29, 1.82) is 0 Å². The molecule has 3 nitrogen and oxygen atoms in total. The van der Waals surface area contributed by atoms with Gasteiger partial charge in [-0.05, 0) is 37.8 Å². The Kier molecular flexibility index (Phi) is 4.27. The number of fused-ring (bicyclic) bond motifs is 1. The molecule has 1 N–H and O–H groups in total. The van der Waals surface area contributed by atoms with Crippen molar-refractivity contribution in [3.05, 3.63) is 29.8 Å². The molecule has 110 valence electrons. The van der Waals surface area contributed by atoms with E-state index in [-0.39, 0.29) is 0 Å². The molecule has 0 radical (unpaired) electrons. The summed E-state index contributed by atoms with van der Waals surface area (Å²) in [5.74, 6) is 1.66. The Labute approximate surface area is 121 Å². The summed E-state index contributed by atoms with van der Waals surface area (Å²) in [6.07, 6.45) is 6.29. The van der Waals surface area contributed by atoms with Crippen molar-refractivity contribution in [3.8, 4) is 5.75 Å². The van der Waals surface area contributed by atoms with E-state index in [1.807, 2.05) is 24.3 Å². The number of β-amino-alcohol motifs (C(OH)–C–C–N with tert-alkyl or cyclic N) is 1. The number of likely N-dealkylation sites (tertiary alicyclic amines) is 1. The maximum absolute atomic E-state index is 10.6. The minimum atomic E-state index is -0.452. The molecule has 3 unspecified atom stereocenters. The summed E-state index contributed by atoms with van der Waals surface area (Å²) in [5.41, 5.74) is 0.911. The highest BCUT2D eigenvalue weighted by atomic mass is 16.5. The van der Waals surface area contributed by atoms with Gasteiger partial charge in [0.25, 0.3) is 0 Å². The van der Waals surface area contributed by atoms with E-state index in [9.17, 15) is 5.11 Å². The normalized spacial score (nSPS) is 28.1. The van der Waals surface area contributed by atoms with E-state index >= 15 is 0 Å². The van der Waals surface area contributed by atoms with Crippen LogP contribution in [0.4, 0.5) is 0 Å². The fraction of sp³-hybridized carbons (Fsp3) is 0.647. The summed E-state index contributed by atoms with van der Waals surface area (Å²) < 4.78 is 5.36. The largest absolute Gasteiger partial charge is 0.496 e. The summed E-state index contributed by atoms with van der Waals surface area (Å²) in [5, 5.41) is 10.6. The number of rotatable bonds is 4. The van der Waals surface area contributed by atoms with Crippen molar-refractivity contribution in [1.82, 2.24) is 4.90 Å². The van der Waals surface area contributed by atoms with Crippen molar-refractivity contribution in [2.75, 3.05) is 20.2 Å². The zero-order valence-corrected chi connectivity index (χ0v) is 12.3.